The summed E-state index contributed by atoms with van der Waals surface area (Å²) in [7, 11) is 0. The molecule has 1 N–H and O–H groups in total. The highest BCUT2D eigenvalue weighted by Crippen LogP contribution is 2.24. The standard InChI is InChI=1S/C11H14O3/c1-11(2,3)8-4-6-9(7-5-8)14-10(12)13/h4-7H,1-3H3,(H,12,13). The van der Waals surface area contributed by atoms with Gasteiger partial charge in [-0.25, -0.2) is 4.79 Å². The van der Waals surface area contributed by atoms with Crippen LogP contribution in [0.3, 0.4) is 0 Å². The minimum absolute atomic E-state index is 0.0712. The summed E-state index contributed by atoms with van der Waals surface area (Å²) in [5.41, 5.74) is 1.22. The highest BCUT2D eigenvalue weighted by atomic mass is 16.7. The Balaban J connectivity index is 2.84. The molecule has 0 saturated heterocycles. The normalized spacial score (nSPS) is 11.1. The zero-order valence-electron chi connectivity index (χ0n) is 8.57. The monoisotopic (exact) mass is 194 g/mol. The number of carboxylic acid groups (broad SMARTS) is 1. The van der Waals surface area contributed by atoms with Crippen molar-refractivity contribution < 1.29 is 14.6 Å². The molecule has 76 valence electrons. The first-order valence-corrected chi connectivity index (χ1v) is 4.41. The number of carbonyl (C=O) groups is 1. The van der Waals surface area contributed by atoms with Crippen LogP contribution in [0.5, 0.6) is 5.75 Å². The van der Waals surface area contributed by atoms with Gasteiger partial charge in [0, 0.05) is 0 Å². The van der Waals surface area contributed by atoms with Crippen molar-refractivity contribution in [1.82, 2.24) is 0 Å². The Labute approximate surface area is 83.3 Å². The van der Waals surface area contributed by atoms with Crippen molar-refractivity contribution in [1.29, 1.82) is 0 Å². The summed E-state index contributed by atoms with van der Waals surface area (Å²) < 4.78 is 4.50. The SMILES string of the molecule is CC(C)(C)c1ccc(OC(=O)O)cc1. The molecule has 3 heteroatoms. The Bertz CT molecular complexity index is 319. The third kappa shape index (κ3) is 2.76. The van der Waals surface area contributed by atoms with E-state index in [0.29, 0.717) is 5.75 Å². The van der Waals surface area contributed by atoms with Crippen LogP contribution in [0.2, 0.25) is 0 Å². The van der Waals surface area contributed by atoms with Gasteiger partial charge in [0.2, 0.25) is 0 Å². The smallest absolute Gasteiger partial charge is 0.449 e. The summed E-state index contributed by atoms with van der Waals surface area (Å²) in [6, 6.07) is 7.07. The summed E-state index contributed by atoms with van der Waals surface area (Å²) in [6.07, 6.45) is -1.28. The van der Waals surface area contributed by atoms with Gasteiger partial charge < -0.3 is 9.84 Å². The van der Waals surface area contributed by atoms with Crippen LogP contribution in [0.25, 0.3) is 0 Å². The minimum atomic E-state index is -1.28. The average Bonchev–Trinajstić information content (AvgIpc) is 2.02. The Kier molecular flexibility index (Phi) is 2.79. The van der Waals surface area contributed by atoms with Crippen molar-refractivity contribution in [3.05, 3.63) is 29.8 Å². The third-order valence-electron chi connectivity index (χ3n) is 1.93. The van der Waals surface area contributed by atoms with E-state index in [0.717, 1.165) is 5.56 Å². The maximum Gasteiger partial charge on any atom is 0.511 e. The quantitative estimate of drug-likeness (QED) is 0.552. The predicted molar refractivity (Wildman–Crippen MR) is 53.8 cm³/mol. The lowest BCUT2D eigenvalue weighted by Crippen LogP contribution is -2.11. The van der Waals surface area contributed by atoms with Crippen LogP contribution in [0.1, 0.15) is 26.3 Å². The summed E-state index contributed by atoms with van der Waals surface area (Å²) in [5, 5.41) is 8.37. The minimum Gasteiger partial charge on any atom is -0.449 e. The van der Waals surface area contributed by atoms with E-state index in [4.69, 9.17) is 5.11 Å². The molecule has 0 aromatic heterocycles. The van der Waals surface area contributed by atoms with Crippen LogP contribution in [-0.4, -0.2) is 11.3 Å². The van der Waals surface area contributed by atoms with Gasteiger partial charge >= 0.3 is 6.16 Å². The number of hydrogen-bond acceptors (Lipinski definition) is 2. The number of benzene rings is 1. The molecule has 3 nitrogen and oxygen atoms in total. The zero-order valence-corrected chi connectivity index (χ0v) is 8.57. The molecule has 0 saturated carbocycles. The van der Waals surface area contributed by atoms with E-state index >= 15 is 0 Å². The second-order valence-electron chi connectivity index (χ2n) is 4.14. The van der Waals surface area contributed by atoms with Crippen LogP contribution >= 0.6 is 0 Å². The fourth-order valence-corrected chi connectivity index (χ4v) is 1.12. The fourth-order valence-electron chi connectivity index (χ4n) is 1.12. The molecule has 0 spiro atoms. The molecule has 0 aliphatic carbocycles. The molecule has 1 aromatic carbocycles. The molecule has 0 radical (unpaired) electrons. The largest absolute Gasteiger partial charge is 0.511 e. The Morgan fingerprint density at radius 3 is 2.07 bits per heavy atom. The van der Waals surface area contributed by atoms with E-state index < -0.39 is 6.16 Å². The van der Waals surface area contributed by atoms with Gasteiger partial charge in [0.1, 0.15) is 5.75 Å². The van der Waals surface area contributed by atoms with Crippen LogP contribution in [0.15, 0.2) is 24.3 Å². The van der Waals surface area contributed by atoms with Gasteiger partial charge in [0.15, 0.2) is 0 Å². The second kappa shape index (κ2) is 3.70. The van der Waals surface area contributed by atoms with Gasteiger partial charge in [-0.1, -0.05) is 32.9 Å². The Morgan fingerprint density at radius 2 is 1.71 bits per heavy atom. The summed E-state index contributed by atoms with van der Waals surface area (Å²) in [5.74, 6) is 0.352. The third-order valence-corrected chi connectivity index (χ3v) is 1.93. The topological polar surface area (TPSA) is 46.5 Å². The summed E-state index contributed by atoms with van der Waals surface area (Å²) >= 11 is 0. The zero-order chi connectivity index (χ0) is 10.8. The molecular formula is C11H14O3. The van der Waals surface area contributed by atoms with E-state index in [2.05, 4.69) is 25.5 Å². The van der Waals surface area contributed by atoms with Crippen molar-refractivity contribution in [2.45, 2.75) is 26.2 Å². The first kappa shape index (κ1) is 10.6. The van der Waals surface area contributed by atoms with E-state index in [1.165, 1.54) is 0 Å². The molecule has 1 rings (SSSR count). The first-order chi connectivity index (χ1) is 6.39. The van der Waals surface area contributed by atoms with Gasteiger partial charge in [0.05, 0.1) is 0 Å². The summed E-state index contributed by atoms with van der Waals surface area (Å²) in [6.45, 7) is 6.29. The molecule has 0 atom stereocenters. The van der Waals surface area contributed by atoms with Gasteiger partial charge in [0.25, 0.3) is 0 Å². The fraction of sp³-hybridized carbons (Fsp3) is 0.364. The number of hydrogen-bond donors (Lipinski definition) is 1. The van der Waals surface area contributed by atoms with E-state index in [1.54, 1.807) is 12.1 Å². The van der Waals surface area contributed by atoms with Crippen molar-refractivity contribution in [2.75, 3.05) is 0 Å². The molecule has 0 fully saturated rings. The lowest BCUT2D eigenvalue weighted by Gasteiger charge is -2.18. The molecule has 0 aliphatic rings. The molecule has 0 bridgehead atoms. The highest BCUT2D eigenvalue weighted by molar-refractivity contribution is 5.61. The van der Waals surface area contributed by atoms with Crippen LogP contribution in [-0.2, 0) is 5.41 Å². The van der Waals surface area contributed by atoms with Crippen molar-refractivity contribution >= 4 is 6.16 Å². The molecule has 0 heterocycles. The molecule has 0 aliphatic heterocycles. The molecule has 14 heavy (non-hydrogen) atoms. The highest BCUT2D eigenvalue weighted by Gasteiger charge is 2.13. The number of rotatable bonds is 1. The van der Waals surface area contributed by atoms with E-state index in [1.807, 2.05) is 12.1 Å². The van der Waals surface area contributed by atoms with Crippen LogP contribution < -0.4 is 4.74 Å². The molecule has 0 amide bonds. The first-order valence-electron chi connectivity index (χ1n) is 4.41. The second-order valence-corrected chi connectivity index (χ2v) is 4.14. The molecular weight excluding hydrogens is 180 g/mol. The van der Waals surface area contributed by atoms with E-state index in [-0.39, 0.29) is 5.41 Å². The van der Waals surface area contributed by atoms with Gasteiger partial charge in [-0.3, -0.25) is 0 Å². The van der Waals surface area contributed by atoms with Crippen molar-refractivity contribution in [3.8, 4) is 5.75 Å². The lowest BCUT2D eigenvalue weighted by molar-refractivity contribution is 0.144. The summed E-state index contributed by atoms with van der Waals surface area (Å²) in [4.78, 5) is 10.2. The molecule has 1 aromatic rings. The maximum atomic E-state index is 10.2. The van der Waals surface area contributed by atoms with Gasteiger partial charge in [-0.2, -0.15) is 0 Å². The van der Waals surface area contributed by atoms with Crippen molar-refractivity contribution in [2.24, 2.45) is 0 Å². The Morgan fingerprint density at radius 1 is 1.21 bits per heavy atom. The average molecular weight is 194 g/mol. The van der Waals surface area contributed by atoms with Gasteiger partial charge in [-0.15, -0.1) is 0 Å². The molecule has 0 unspecified atom stereocenters. The van der Waals surface area contributed by atoms with E-state index in [9.17, 15) is 4.79 Å². The van der Waals surface area contributed by atoms with Gasteiger partial charge in [-0.05, 0) is 23.1 Å². The Hall–Kier alpha value is -1.51. The predicted octanol–water partition coefficient (Wildman–Crippen LogP) is 3.04. The maximum absolute atomic E-state index is 10.2. The lowest BCUT2D eigenvalue weighted by atomic mass is 9.87. The van der Waals surface area contributed by atoms with Crippen LogP contribution in [0.4, 0.5) is 4.79 Å². The number of ether oxygens (including phenoxy) is 1. The van der Waals surface area contributed by atoms with Crippen LogP contribution in [0, 0.1) is 0 Å². The van der Waals surface area contributed by atoms with Crippen molar-refractivity contribution in [3.63, 3.8) is 0 Å².